The van der Waals surface area contributed by atoms with Crippen LogP contribution in [0.2, 0.25) is 0 Å². The van der Waals surface area contributed by atoms with Gasteiger partial charge in [-0.2, -0.15) is 0 Å². The lowest BCUT2D eigenvalue weighted by atomic mass is 10.3. The summed E-state index contributed by atoms with van der Waals surface area (Å²) in [6.07, 6.45) is 0.287. The zero-order valence-corrected chi connectivity index (χ0v) is 12.2. The molecule has 0 aliphatic carbocycles. The number of hydrogen-bond acceptors (Lipinski definition) is 4. The smallest absolute Gasteiger partial charge is 0.243 e. The molecule has 9 heteroatoms. The molecule has 0 fully saturated rings. The molecule has 0 radical (unpaired) electrons. The van der Waals surface area contributed by atoms with Crippen LogP contribution in [-0.4, -0.2) is 20.9 Å². The van der Waals surface area contributed by atoms with E-state index in [-0.39, 0.29) is 29.5 Å². The van der Waals surface area contributed by atoms with Crippen LogP contribution in [0.3, 0.4) is 0 Å². The average molecular weight is 354 g/mol. The molecule has 0 aromatic heterocycles. The molecule has 0 unspecified atom stereocenters. The van der Waals surface area contributed by atoms with Gasteiger partial charge in [-0.25, -0.2) is 17.5 Å². The molecule has 1 rings (SSSR count). The Morgan fingerprint density at radius 3 is 2.63 bits per heavy atom. The first kappa shape index (κ1) is 15.9. The number of amides is 1. The number of hydrogen-bond donors (Lipinski definition) is 3. The molecule has 19 heavy (non-hydrogen) atoms. The molecule has 6 nitrogen and oxygen atoms in total. The number of carbonyl (C=O) groups excluding carboxylic acids is 1. The third-order valence-corrected chi connectivity index (χ3v) is 4.40. The van der Waals surface area contributed by atoms with E-state index in [4.69, 9.17) is 11.5 Å². The second-order valence-electron chi connectivity index (χ2n) is 3.77. The first-order chi connectivity index (χ1) is 8.74. The minimum atomic E-state index is -4.01. The van der Waals surface area contributed by atoms with Crippen molar-refractivity contribution in [2.24, 2.45) is 5.73 Å². The fourth-order valence-electron chi connectivity index (χ4n) is 1.30. The number of primary amides is 1. The first-order valence-corrected chi connectivity index (χ1v) is 7.54. The SMILES string of the molecule is NC(=O)CCCNS(=O)(=O)c1cc(N)c(Br)cc1F. The molecular weight excluding hydrogens is 341 g/mol. The topological polar surface area (TPSA) is 115 Å². The van der Waals surface area contributed by atoms with Crippen molar-refractivity contribution in [1.82, 2.24) is 4.72 Å². The summed E-state index contributed by atoms with van der Waals surface area (Å²) >= 11 is 3.00. The molecule has 5 N–H and O–H groups in total. The van der Waals surface area contributed by atoms with Crippen molar-refractivity contribution in [2.75, 3.05) is 12.3 Å². The van der Waals surface area contributed by atoms with Gasteiger partial charge in [0.15, 0.2) is 0 Å². The Morgan fingerprint density at radius 1 is 1.42 bits per heavy atom. The van der Waals surface area contributed by atoms with Crippen molar-refractivity contribution in [3.63, 3.8) is 0 Å². The molecule has 1 amide bonds. The van der Waals surface area contributed by atoms with Gasteiger partial charge in [0.25, 0.3) is 0 Å². The summed E-state index contributed by atoms with van der Waals surface area (Å²) in [5, 5.41) is 0. The van der Waals surface area contributed by atoms with Crippen molar-refractivity contribution in [2.45, 2.75) is 17.7 Å². The molecule has 0 spiro atoms. The standard InChI is InChI=1S/C10H13BrFN3O3S/c11-6-4-7(12)9(5-8(6)13)19(17,18)15-3-1-2-10(14)16/h4-5,15H,1-3,13H2,(H2,14,16). The van der Waals surface area contributed by atoms with Gasteiger partial charge in [-0.1, -0.05) is 0 Å². The van der Waals surface area contributed by atoms with Gasteiger partial charge >= 0.3 is 0 Å². The number of halogens is 2. The van der Waals surface area contributed by atoms with Crippen molar-refractivity contribution in [3.8, 4) is 0 Å². The van der Waals surface area contributed by atoms with E-state index in [9.17, 15) is 17.6 Å². The summed E-state index contributed by atoms with van der Waals surface area (Å²) in [5.74, 6) is -1.44. The minimum Gasteiger partial charge on any atom is -0.398 e. The normalized spacial score (nSPS) is 11.5. The fraction of sp³-hybridized carbons (Fsp3) is 0.300. The van der Waals surface area contributed by atoms with Crippen molar-refractivity contribution < 1.29 is 17.6 Å². The Labute approximate surface area is 118 Å². The third kappa shape index (κ3) is 4.44. The average Bonchev–Trinajstić information content (AvgIpc) is 2.29. The van der Waals surface area contributed by atoms with E-state index in [0.29, 0.717) is 0 Å². The van der Waals surface area contributed by atoms with Crippen LogP contribution < -0.4 is 16.2 Å². The molecule has 0 aliphatic heterocycles. The van der Waals surface area contributed by atoms with Gasteiger partial charge in [0.2, 0.25) is 15.9 Å². The van der Waals surface area contributed by atoms with Gasteiger partial charge in [-0.3, -0.25) is 4.79 Å². The van der Waals surface area contributed by atoms with Gasteiger partial charge in [-0.15, -0.1) is 0 Å². The first-order valence-electron chi connectivity index (χ1n) is 5.26. The van der Waals surface area contributed by atoms with E-state index in [1.54, 1.807) is 0 Å². The molecule has 1 aromatic carbocycles. The van der Waals surface area contributed by atoms with Crippen molar-refractivity contribution in [3.05, 3.63) is 22.4 Å². The van der Waals surface area contributed by atoms with E-state index in [1.807, 2.05) is 0 Å². The van der Waals surface area contributed by atoms with Crippen LogP contribution >= 0.6 is 15.9 Å². The van der Waals surface area contributed by atoms with Gasteiger partial charge in [0, 0.05) is 23.1 Å². The highest BCUT2D eigenvalue weighted by Crippen LogP contribution is 2.25. The van der Waals surface area contributed by atoms with E-state index in [1.165, 1.54) is 0 Å². The van der Waals surface area contributed by atoms with Crippen LogP contribution in [-0.2, 0) is 14.8 Å². The van der Waals surface area contributed by atoms with E-state index in [0.717, 1.165) is 12.1 Å². The fourth-order valence-corrected chi connectivity index (χ4v) is 2.78. The van der Waals surface area contributed by atoms with Crippen molar-refractivity contribution >= 4 is 37.5 Å². The number of benzene rings is 1. The lowest BCUT2D eigenvalue weighted by Gasteiger charge is -2.09. The molecule has 0 saturated heterocycles. The molecule has 1 aromatic rings. The summed E-state index contributed by atoms with van der Waals surface area (Å²) in [5.41, 5.74) is 10.5. The van der Waals surface area contributed by atoms with Gasteiger partial charge in [0.05, 0.1) is 0 Å². The van der Waals surface area contributed by atoms with Crippen LogP contribution in [0.1, 0.15) is 12.8 Å². The summed E-state index contributed by atoms with van der Waals surface area (Å²) < 4.78 is 39.7. The van der Waals surface area contributed by atoms with Crippen molar-refractivity contribution in [1.29, 1.82) is 0 Å². The van der Waals surface area contributed by atoms with Gasteiger partial charge in [0.1, 0.15) is 10.7 Å². The zero-order chi connectivity index (χ0) is 14.6. The van der Waals surface area contributed by atoms with Gasteiger partial charge < -0.3 is 11.5 Å². The van der Waals surface area contributed by atoms with E-state index in [2.05, 4.69) is 20.7 Å². The van der Waals surface area contributed by atoms with Crippen LogP contribution in [0.25, 0.3) is 0 Å². The van der Waals surface area contributed by atoms with E-state index >= 15 is 0 Å². The lowest BCUT2D eigenvalue weighted by molar-refractivity contribution is -0.118. The summed E-state index contributed by atoms with van der Waals surface area (Å²) in [6, 6.07) is 2.00. The van der Waals surface area contributed by atoms with Gasteiger partial charge in [-0.05, 0) is 34.5 Å². The predicted molar refractivity (Wildman–Crippen MR) is 72.1 cm³/mol. The third-order valence-electron chi connectivity index (χ3n) is 2.23. The largest absolute Gasteiger partial charge is 0.398 e. The zero-order valence-electron chi connectivity index (χ0n) is 9.82. The molecular formula is C10H13BrFN3O3S. The molecule has 0 heterocycles. The monoisotopic (exact) mass is 353 g/mol. The number of nitrogen functional groups attached to an aromatic ring is 1. The number of nitrogens with two attached hydrogens (primary N) is 2. The highest BCUT2D eigenvalue weighted by atomic mass is 79.9. The molecule has 106 valence electrons. The Morgan fingerprint density at radius 2 is 2.05 bits per heavy atom. The lowest BCUT2D eigenvalue weighted by Crippen LogP contribution is -2.26. The molecule has 0 bridgehead atoms. The highest BCUT2D eigenvalue weighted by molar-refractivity contribution is 9.10. The van der Waals surface area contributed by atoms with E-state index < -0.39 is 26.6 Å². The minimum absolute atomic E-state index is 0.0132. The second kappa shape index (κ2) is 6.31. The van der Waals surface area contributed by atoms with Crippen LogP contribution in [0.4, 0.5) is 10.1 Å². The molecule has 0 saturated carbocycles. The number of carbonyl (C=O) groups is 1. The second-order valence-corrected chi connectivity index (χ2v) is 6.36. The number of sulfonamides is 1. The Bertz CT molecular complexity index is 592. The number of anilines is 1. The van der Waals surface area contributed by atoms with Crippen LogP contribution in [0.5, 0.6) is 0 Å². The molecule has 0 atom stereocenters. The van der Waals surface area contributed by atoms with Crippen LogP contribution in [0, 0.1) is 5.82 Å². The molecule has 0 aliphatic rings. The Hall–Kier alpha value is -1.19. The predicted octanol–water partition coefficient (Wildman–Crippen LogP) is 0.714. The quantitative estimate of drug-likeness (QED) is 0.516. The highest BCUT2D eigenvalue weighted by Gasteiger charge is 2.20. The Kier molecular flexibility index (Phi) is 5.27. The summed E-state index contributed by atoms with van der Waals surface area (Å²) in [7, 11) is -4.01. The number of nitrogens with one attached hydrogen (secondary N) is 1. The van der Waals surface area contributed by atoms with Crippen LogP contribution in [0.15, 0.2) is 21.5 Å². The maximum Gasteiger partial charge on any atom is 0.243 e. The number of rotatable bonds is 6. The summed E-state index contributed by atoms with van der Waals surface area (Å²) in [6.45, 7) is -0.0132. The maximum atomic E-state index is 13.6. The maximum absolute atomic E-state index is 13.6. The Balaban J connectivity index is 2.83. The summed E-state index contributed by atoms with van der Waals surface area (Å²) in [4.78, 5) is 9.96.